The van der Waals surface area contributed by atoms with Crippen LogP contribution < -0.4 is 0 Å². The lowest BCUT2D eigenvalue weighted by Crippen LogP contribution is -2.30. The maximum absolute atomic E-state index is 4.76. The number of rotatable bonds is 1. The molecule has 1 aliphatic heterocycles. The van der Waals surface area contributed by atoms with E-state index in [1.165, 1.54) is 25.1 Å². The molecule has 1 fully saturated rings. The molecule has 1 atom stereocenters. The summed E-state index contributed by atoms with van der Waals surface area (Å²) in [4.78, 5) is 7.16. The molecule has 0 aliphatic carbocycles. The molecule has 3 nitrogen and oxygen atoms in total. The Morgan fingerprint density at radius 1 is 1.47 bits per heavy atom. The van der Waals surface area contributed by atoms with Gasteiger partial charge in [-0.25, -0.2) is 4.98 Å². The van der Waals surface area contributed by atoms with Crippen LogP contribution in [0.3, 0.4) is 0 Å². The van der Waals surface area contributed by atoms with E-state index >= 15 is 0 Å². The Hall–Kier alpha value is -0.870. The van der Waals surface area contributed by atoms with E-state index in [0.29, 0.717) is 5.92 Å². The van der Waals surface area contributed by atoms with Crippen molar-refractivity contribution in [2.24, 2.45) is 0 Å². The maximum atomic E-state index is 4.76. The van der Waals surface area contributed by atoms with Crippen LogP contribution in [0.5, 0.6) is 0 Å². The van der Waals surface area contributed by atoms with Gasteiger partial charge in [-0.1, -0.05) is 0 Å². The molecule has 1 saturated heterocycles. The highest BCUT2D eigenvalue weighted by Gasteiger charge is 2.21. The lowest BCUT2D eigenvalue weighted by Gasteiger charge is -2.28. The van der Waals surface area contributed by atoms with Crippen molar-refractivity contribution in [3.05, 3.63) is 34.7 Å². The number of hydrogen-bond acceptors (Lipinski definition) is 2. The second kappa shape index (κ2) is 4.42. The van der Waals surface area contributed by atoms with Crippen molar-refractivity contribution in [1.29, 1.82) is 0 Å². The minimum absolute atomic E-state index is 0.584. The van der Waals surface area contributed by atoms with Crippen molar-refractivity contribution in [1.82, 2.24) is 14.3 Å². The molecule has 3 rings (SSSR count). The monoisotopic (exact) mass is 293 g/mol. The SMILES string of the molecule is CN1CCCC(c2cn3cccc(Br)c3n2)C1. The quantitative estimate of drug-likeness (QED) is 0.806. The second-order valence-corrected chi connectivity index (χ2v) is 5.71. The normalized spacial score (nSPS) is 22.1. The summed E-state index contributed by atoms with van der Waals surface area (Å²) in [5.74, 6) is 0.584. The first-order valence-electron chi connectivity index (χ1n) is 6.06. The summed E-state index contributed by atoms with van der Waals surface area (Å²) in [5, 5.41) is 0. The highest BCUT2D eigenvalue weighted by molar-refractivity contribution is 9.10. The van der Waals surface area contributed by atoms with E-state index in [-0.39, 0.29) is 0 Å². The van der Waals surface area contributed by atoms with E-state index in [2.05, 4.69) is 44.7 Å². The van der Waals surface area contributed by atoms with E-state index in [1.807, 2.05) is 12.1 Å². The predicted molar refractivity (Wildman–Crippen MR) is 72.4 cm³/mol. The van der Waals surface area contributed by atoms with Crippen LogP contribution in [0.1, 0.15) is 24.5 Å². The third kappa shape index (κ3) is 2.11. The van der Waals surface area contributed by atoms with Crippen molar-refractivity contribution in [2.45, 2.75) is 18.8 Å². The number of likely N-dealkylation sites (tertiary alicyclic amines) is 1. The standard InChI is InChI=1S/C13H16BrN3/c1-16-6-2-4-10(8-16)12-9-17-7-3-5-11(14)13(17)15-12/h3,5,7,9-10H,2,4,6,8H2,1H3. The van der Waals surface area contributed by atoms with Gasteiger partial charge in [0.2, 0.25) is 0 Å². The number of nitrogens with zero attached hydrogens (tertiary/aromatic N) is 3. The number of fused-ring (bicyclic) bond motifs is 1. The maximum Gasteiger partial charge on any atom is 0.151 e. The first-order chi connectivity index (χ1) is 8.24. The van der Waals surface area contributed by atoms with E-state index < -0.39 is 0 Å². The van der Waals surface area contributed by atoms with E-state index in [4.69, 9.17) is 4.98 Å². The number of aromatic nitrogens is 2. The first kappa shape index (κ1) is 11.2. The molecule has 2 aromatic heterocycles. The Kier molecular flexibility index (Phi) is 2.92. The van der Waals surface area contributed by atoms with E-state index in [9.17, 15) is 0 Å². The van der Waals surface area contributed by atoms with Crippen LogP contribution in [0.25, 0.3) is 5.65 Å². The van der Waals surface area contributed by atoms with Crippen LogP contribution in [-0.2, 0) is 0 Å². The van der Waals surface area contributed by atoms with Crippen LogP contribution in [0.2, 0.25) is 0 Å². The van der Waals surface area contributed by atoms with Gasteiger partial charge in [0.15, 0.2) is 5.65 Å². The van der Waals surface area contributed by atoms with Crippen molar-refractivity contribution < 1.29 is 0 Å². The summed E-state index contributed by atoms with van der Waals surface area (Å²) in [7, 11) is 2.19. The number of hydrogen-bond donors (Lipinski definition) is 0. The zero-order valence-electron chi connectivity index (χ0n) is 9.93. The molecule has 0 radical (unpaired) electrons. The number of imidazole rings is 1. The van der Waals surface area contributed by atoms with Crippen molar-refractivity contribution in [3.8, 4) is 0 Å². The van der Waals surface area contributed by atoms with Crippen LogP contribution in [0, 0.1) is 0 Å². The van der Waals surface area contributed by atoms with Gasteiger partial charge in [-0.3, -0.25) is 0 Å². The summed E-state index contributed by atoms with van der Waals surface area (Å²) < 4.78 is 3.17. The van der Waals surface area contributed by atoms with Gasteiger partial charge in [0, 0.05) is 24.9 Å². The second-order valence-electron chi connectivity index (χ2n) is 4.85. The Labute approximate surface area is 110 Å². The summed E-state index contributed by atoms with van der Waals surface area (Å²) in [6.45, 7) is 2.34. The highest BCUT2D eigenvalue weighted by Crippen LogP contribution is 2.27. The molecule has 2 aromatic rings. The van der Waals surface area contributed by atoms with Crippen molar-refractivity contribution in [3.63, 3.8) is 0 Å². The molecule has 0 amide bonds. The van der Waals surface area contributed by atoms with Crippen LogP contribution in [0.4, 0.5) is 0 Å². The summed E-state index contributed by atoms with van der Waals surface area (Å²) >= 11 is 3.55. The van der Waals surface area contributed by atoms with E-state index in [1.54, 1.807) is 0 Å². The van der Waals surface area contributed by atoms with Gasteiger partial charge in [-0.05, 0) is 54.5 Å². The molecular formula is C13H16BrN3. The number of piperidine rings is 1. The Morgan fingerprint density at radius 3 is 3.12 bits per heavy atom. The fraction of sp³-hybridized carbons (Fsp3) is 0.462. The zero-order valence-corrected chi connectivity index (χ0v) is 11.5. The van der Waals surface area contributed by atoms with Gasteiger partial charge in [0.05, 0.1) is 10.2 Å². The molecule has 0 saturated carbocycles. The van der Waals surface area contributed by atoms with Crippen LogP contribution in [0.15, 0.2) is 29.0 Å². The minimum Gasteiger partial charge on any atom is -0.306 e. The molecule has 1 aliphatic rings. The number of likely N-dealkylation sites (N-methyl/N-ethyl adjacent to an activating group) is 1. The molecule has 1 unspecified atom stereocenters. The van der Waals surface area contributed by atoms with Crippen molar-refractivity contribution >= 4 is 21.6 Å². The minimum atomic E-state index is 0.584. The number of halogens is 1. The van der Waals surface area contributed by atoms with Gasteiger partial charge >= 0.3 is 0 Å². The average molecular weight is 294 g/mol. The van der Waals surface area contributed by atoms with Gasteiger partial charge in [0.25, 0.3) is 0 Å². The lowest BCUT2D eigenvalue weighted by atomic mass is 9.96. The molecular weight excluding hydrogens is 278 g/mol. The van der Waals surface area contributed by atoms with Crippen LogP contribution in [-0.4, -0.2) is 34.4 Å². The highest BCUT2D eigenvalue weighted by atomic mass is 79.9. The van der Waals surface area contributed by atoms with E-state index in [0.717, 1.165) is 16.7 Å². The molecule has 3 heterocycles. The van der Waals surface area contributed by atoms with Crippen LogP contribution >= 0.6 is 15.9 Å². The third-order valence-electron chi connectivity index (χ3n) is 3.50. The number of pyridine rings is 1. The average Bonchev–Trinajstić information content (AvgIpc) is 2.74. The summed E-state index contributed by atoms with van der Waals surface area (Å²) in [6, 6.07) is 4.08. The molecule has 17 heavy (non-hydrogen) atoms. The molecule has 90 valence electrons. The van der Waals surface area contributed by atoms with Crippen molar-refractivity contribution in [2.75, 3.05) is 20.1 Å². The Morgan fingerprint density at radius 2 is 2.35 bits per heavy atom. The largest absolute Gasteiger partial charge is 0.306 e. The topological polar surface area (TPSA) is 20.5 Å². The van der Waals surface area contributed by atoms with Gasteiger partial charge in [-0.15, -0.1) is 0 Å². The molecule has 0 N–H and O–H groups in total. The predicted octanol–water partition coefficient (Wildman–Crippen LogP) is 2.91. The Bertz CT molecular complexity index is 534. The Balaban J connectivity index is 1.97. The fourth-order valence-corrected chi connectivity index (χ4v) is 3.05. The van der Waals surface area contributed by atoms with Gasteiger partial charge < -0.3 is 9.30 Å². The summed E-state index contributed by atoms with van der Waals surface area (Å²) in [6.07, 6.45) is 6.76. The first-order valence-corrected chi connectivity index (χ1v) is 6.85. The molecule has 4 heteroatoms. The molecule has 0 spiro atoms. The zero-order chi connectivity index (χ0) is 11.8. The van der Waals surface area contributed by atoms with Gasteiger partial charge in [0.1, 0.15) is 0 Å². The van der Waals surface area contributed by atoms with Gasteiger partial charge in [-0.2, -0.15) is 0 Å². The molecule has 0 bridgehead atoms. The lowest BCUT2D eigenvalue weighted by molar-refractivity contribution is 0.249. The summed E-state index contributed by atoms with van der Waals surface area (Å²) in [5.41, 5.74) is 2.25. The molecule has 0 aromatic carbocycles. The fourth-order valence-electron chi connectivity index (χ4n) is 2.60. The third-order valence-corrected chi connectivity index (χ3v) is 4.12. The smallest absolute Gasteiger partial charge is 0.151 e.